The molecule has 2 N–H and O–H groups in total. The van der Waals surface area contributed by atoms with Crippen LogP contribution in [0.1, 0.15) is 24.8 Å². The highest BCUT2D eigenvalue weighted by atomic mass is 19.1. The van der Waals surface area contributed by atoms with Gasteiger partial charge in [-0.1, -0.05) is 12.1 Å². The summed E-state index contributed by atoms with van der Waals surface area (Å²) in [6.07, 6.45) is 2.81. The number of aromatic nitrogens is 2. The van der Waals surface area contributed by atoms with E-state index in [9.17, 15) is 18.7 Å². The van der Waals surface area contributed by atoms with Gasteiger partial charge in [-0.3, -0.25) is 4.90 Å². The van der Waals surface area contributed by atoms with Crippen molar-refractivity contribution < 1.29 is 27.8 Å². The first-order valence-electron chi connectivity index (χ1n) is 14.4. The molecule has 220 valence electrons. The van der Waals surface area contributed by atoms with E-state index in [1.54, 1.807) is 19.1 Å². The van der Waals surface area contributed by atoms with Gasteiger partial charge in [-0.25, -0.2) is 13.6 Å². The highest BCUT2D eigenvalue weighted by molar-refractivity contribution is 6.00. The van der Waals surface area contributed by atoms with Crippen LogP contribution in [0.25, 0.3) is 33.0 Å². The fourth-order valence-corrected chi connectivity index (χ4v) is 6.87. The summed E-state index contributed by atoms with van der Waals surface area (Å²) in [7, 11) is 1.45. The van der Waals surface area contributed by atoms with E-state index in [1.165, 1.54) is 38.2 Å². The molecule has 4 aliphatic rings. The van der Waals surface area contributed by atoms with Crippen molar-refractivity contribution in [3.05, 3.63) is 52.1 Å². The van der Waals surface area contributed by atoms with Gasteiger partial charge in [-0.05, 0) is 56.3 Å². The molecule has 4 fully saturated rings. The highest BCUT2D eigenvalue weighted by Gasteiger charge is 2.54. The molecule has 3 aliphatic heterocycles. The van der Waals surface area contributed by atoms with Crippen molar-refractivity contribution in [2.45, 2.75) is 44.4 Å². The number of ether oxygens (including phenoxy) is 2. The number of nitrogens with one attached hydrogen (secondary N) is 1. The van der Waals surface area contributed by atoms with Crippen molar-refractivity contribution in [1.29, 1.82) is 0 Å². The van der Waals surface area contributed by atoms with Gasteiger partial charge in [0.1, 0.15) is 34.7 Å². The Morgan fingerprint density at radius 1 is 1.17 bits per heavy atom. The topological polar surface area (TPSA) is 110 Å². The van der Waals surface area contributed by atoms with E-state index in [1.807, 2.05) is 0 Å². The molecule has 2 aromatic heterocycles. The Kier molecular flexibility index (Phi) is 6.73. The molecule has 2 aromatic carbocycles. The number of alkyl halides is 1. The largest absolute Gasteiger partial charge is 0.508 e. The van der Waals surface area contributed by atoms with Gasteiger partial charge >= 0.3 is 11.6 Å². The molecule has 8 rings (SSSR count). The highest BCUT2D eigenvalue weighted by Crippen LogP contribution is 2.46. The van der Waals surface area contributed by atoms with Crippen LogP contribution in [0.15, 0.2) is 39.5 Å². The second kappa shape index (κ2) is 10.5. The number of benzene rings is 2. The van der Waals surface area contributed by atoms with Crippen LogP contribution in [0.3, 0.4) is 0 Å². The monoisotopic (exact) mass is 578 g/mol. The lowest BCUT2D eigenvalue weighted by Gasteiger charge is -2.14. The molecule has 42 heavy (non-hydrogen) atoms. The number of anilines is 1. The summed E-state index contributed by atoms with van der Waals surface area (Å²) in [6, 6.07) is 8.26. The molecule has 5 heterocycles. The summed E-state index contributed by atoms with van der Waals surface area (Å²) in [5.74, 6) is 0.670. The number of hydrogen-bond donors (Lipinski definition) is 2. The van der Waals surface area contributed by atoms with E-state index in [-0.39, 0.29) is 39.9 Å². The number of nitrogens with zero attached hydrogens (tertiary/aromatic N) is 3. The molecule has 4 unspecified atom stereocenters. The van der Waals surface area contributed by atoms with E-state index < -0.39 is 17.6 Å². The zero-order chi connectivity index (χ0) is 29.1. The molecule has 9 nitrogen and oxygen atoms in total. The van der Waals surface area contributed by atoms with Crippen molar-refractivity contribution >= 4 is 27.5 Å². The van der Waals surface area contributed by atoms with Gasteiger partial charge in [-0.2, -0.15) is 9.97 Å². The average molecular weight is 579 g/mol. The Hall–Kier alpha value is -3.83. The van der Waals surface area contributed by atoms with Crippen LogP contribution in [-0.4, -0.2) is 71.6 Å². The number of aryl methyl sites for hydroxylation is 1. The number of aromatic hydroxyl groups is 1. The lowest BCUT2D eigenvalue weighted by Crippen LogP contribution is -2.22. The van der Waals surface area contributed by atoms with Gasteiger partial charge in [0.2, 0.25) is 0 Å². The van der Waals surface area contributed by atoms with Crippen LogP contribution in [0, 0.1) is 24.6 Å². The fourth-order valence-electron chi connectivity index (χ4n) is 6.87. The maximum Gasteiger partial charge on any atom is 0.349 e. The summed E-state index contributed by atoms with van der Waals surface area (Å²) in [4.78, 5) is 24.2. The molecule has 0 bridgehead atoms. The first-order valence-corrected chi connectivity index (χ1v) is 14.4. The quantitative estimate of drug-likeness (QED) is 0.352. The van der Waals surface area contributed by atoms with Crippen LogP contribution in [0.2, 0.25) is 0 Å². The summed E-state index contributed by atoms with van der Waals surface area (Å²) < 4.78 is 43.8. The maximum absolute atomic E-state index is 14.8. The molecule has 4 aromatic rings. The van der Waals surface area contributed by atoms with Crippen molar-refractivity contribution in [1.82, 2.24) is 14.9 Å². The number of halogens is 2. The Morgan fingerprint density at radius 2 is 1.98 bits per heavy atom. The summed E-state index contributed by atoms with van der Waals surface area (Å²) in [5.41, 5.74) is 0.444. The Balaban J connectivity index is 0.000000272. The van der Waals surface area contributed by atoms with Gasteiger partial charge in [0.05, 0.1) is 25.8 Å². The molecular formula is C31H32F2N4O5. The molecule has 0 amide bonds. The van der Waals surface area contributed by atoms with Gasteiger partial charge in [0.25, 0.3) is 0 Å². The van der Waals surface area contributed by atoms with E-state index in [0.29, 0.717) is 59.9 Å². The molecule has 0 radical (unpaired) electrons. The van der Waals surface area contributed by atoms with E-state index in [4.69, 9.17) is 13.9 Å². The molecule has 0 spiro atoms. The summed E-state index contributed by atoms with van der Waals surface area (Å²) >= 11 is 0. The molecule has 1 aliphatic carbocycles. The van der Waals surface area contributed by atoms with Crippen LogP contribution < -0.4 is 15.7 Å². The predicted octanol–water partition coefficient (Wildman–Crippen LogP) is 4.81. The zero-order valence-corrected chi connectivity index (χ0v) is 23.4. The number of phenolic OH excluding ortho intramolecular Hbond substituents is 1. The number of phenols is 1. The van der Waals surface area contributed by atoms with Gasteiger partial charge in [0.15, 0.2) is 0 Å². The summed E-state index contributed by atoms with van der Waals surface area (Å²) in [6.45, 7) is 4.94. The Bertz CT molecular complexity index is 1720. The summed E-state index contributed by atoms with van der Waals surface area (Å²) in [5, 5.41) is 14.5. The van der Waals surface area contributed by atoms with E-state index in [0.717, 1.165) is 13.0 Å². The second-order valence-corrected chi connectivity index (χ2v) is 11.6. The normalized spacial score (nSPS) is 26.1. The van der Waals surface area contributed by atoms with Crippen LogP contribution >= 0.6 is 0 Å². The fraction of sp³-hybridized carbons (Fsp3) is 0.452. The van der Waals surface area contributed by atoms with E-state index >= 15 is 0 Å². The van der Waals surface area contributed by atoms with Gasteiger partial charge in [0, 0.05) is 47.0 Å². The van der Waals surface area contributed by atoms with Crippen LogP contribution in [0.4, 0.5) is 14.6 Å². The lowest BCUT2D eigenvalue weighted by molar-refractivity contribution is 0.162. The smallest absolute Gasteiger partial charge is 0.349 e. The van der Waals surface area contributed by atoms with Gasteiger partial charge < -0.3 is 24.3 Å². The zero-order valence-electron chi connectivity index (χ0n) is 23.4. The number of hydrogen-bond acceptors (Lipinski definition) is 9. The van der Waals surface area contributed by atoms with Crippen molar-refractivity contribution in [2.75, 3.05) is 38.7 Å². The van der Waals surface area contributed by atoms with Crippen molar-refractivity contribution in [2.24, 2.45) is 11.8 Å². The number of rotatable bonds is 4. The molecule has 1 saturated carbocycles. The average Bonchev–Trinajstić information content (AvgIpc) is 3.38. The minimum Gasteiger partial charge on any atom is -0.508 e. The molecular weight excluding hydrogens is 546 g/mol. The standard InChI is InChI=1S/C24H20FN3O5.C7H12FN/c1-10-19-18(22(28-24(27-19)31-2)26-20-14-8-32-9-15(14)20)23(30)33-21(10)13-7-12(29)6-11-4-3-5-16(25)17(11)13;8-6-4-7-2-1-3-9(7)5-6/h3-7,14-15,20,29H,8-9H2,1-2H3,(H,26,27,28);6-7H,1-5H2. The van der Waals surface area contributed by atoms with E-state index in [2.05, 4.69) is 20.2 Å². The second-order valence-electron chi connectivity index (χ2n) is 11.6. The van der Waals surface area contributed by atoms with Crippen LogP contribution in [-0.2, 0) is 4.74 Å². The Labute approximate surface area is 240 Å². The number of methoxy groups -OCH3 is 1. The molecule has 3 saturated heterocycles. The SMILES string of the molecule is COc1nc(NC2C3COCC32)c2c(=O)oc(-c3cc(O)cc4cccc(F)c34)c(C)c2n1.FC1CC2CCCN2C1. The van der Waals surface area contributed by atoms with Crippen LogP contribution in [0.5, 0.6) is 11.8 Å². The first-order chi connectivity index (χ1) is 20.3. The molecule has 4 atom stereocenters. The maximum atomic E-state index is 14.8. The minimum absolute atomic E-state index is 0.0737. The Morgan fingerprint density at radius 3 is 2.74 bits per heavy atom. The predicted molar refractivity (Wildman–Crippen MR) is 153 cm³/mol. The third-order valence-corrected chi connectivity index (χ3v) is 9.04. The van der Waals surface area contributed by atoms with Crippen molar-refractivity contribution in [3.63, 3.8) is 0 Å². The van der Waals surface area contributed by atoms with Gasteiger partial charge in [-0.15, -0.1) is 0 Å². The third kappa shape index (κ3) is 4.64. The molecule has 11 heteroatoms. The minimum atomic E-state index is -0.661. The van der Waals surface area contributed by atoms with Crippen molar-refractivity contribution in [3.8, 4) is 23.1 Å². The third-order valence-electron chi connectivity index (χ3n) is 9.04. The first kappa shape index (κ1) is 27.0. The number of fused-ring (bicyclic) bond motifs is 4. The lowest BCUT2D eigenvalue weighted by atomic mass is 9.98.